The normalized spacial score (nSPS) is 19.7. The van der Waals surface area contributed by atoms with Crippen LogP contribution in [0.25, 0.3) is 0 Å². The number of hydrogen-bond donors (Lipinski definition) is 0. The second kappa shape index (κ2) is 8.99. The first kappa shape index (κ1) is 21.7. The van der Waals surface area contributed by atoms with Gasteiger partial charge in [0.05, 0.1) is 13.2 Å². The van der Waals surface area contributed by atoms with Crippen molar-refractivity contribution in [1.82, 2.24) is 19.7 Å². The third-order valence-corrected chi connectivity index (χ3v) is 6.73. The maximum absolute atomic E-state index is 13.6. The van der Waals surface area contributed by atoms with Crippen LogP contribution < -0.4 is 9.47 Å². The first-order valence-electron chi connectivity index (χ1n) is 11.2. The summed E-state index contributed by atoms with van der Waals surface area (Å²) in [6.07, 6.45) is 4.56. The fraction of sp³-hybridized carbons (Fsp3) is 0.458. The molecule has 2 saturated heterocycles. The summed E-state index contributed by atoms with van der Waals surface area (Å²) in [7, 11) is 1.61. The van der Waals surface area contributed by atoms with Gasteiger partial charge in [0.2, 0.25) is 6.79 Å². The van der Waals surface area contributed by atoms with Crippen LogP contribution in [0.4, 0.5) is 4.79 Å². The molecule has 1 aromatic heterocycles. The number of likely N-dealkylation sites (tertiary alicyclic amines) is 1. The molecule has 0 unspecified atom stereocenters. The van der Waals surface area contributed by atoms with Crippen molar-refractivity contribution in [2.24, 2.45) is 0 Å². The average molecular weight is 453 g/mol. The van der Waals surface area contributed by atoms with Crippen molar-refractivity contribution in [2.45, 2.75) is 31.5 Å². The minimum absolute atomic E-state index is 0.116. The Balaban J connectivity index is 1.30. The van der Waals surface area contributed by atoms with E-state index >= 15 is 0 Å². The molecular weight excluding hydrogens is 424 g/mol. The number of carbonyl (C=O) groups is 2. The second-order valence-corrected chi connectivity index (χ2v) is 8.67. The molecule has 0 atom stereocenters. The van der Waals surface area contributed by atoms with Gasteiger partial charge in [-0.1, -0.05) is 12.1 Å². The molecule has 0 saturated carbocycles. The van der Waals surface area contributed by atoms with Crippen molar-refractivity contribution in [1.29, 1.82) is 0 Å². The van der Waals surface area contributed by atoms with Crippen molar-refractivity contribution in [3.8, 4) is 11.5 Å². The van der Waals surface area contributed by atoms with E-state index in [-0.39, 0.29) is 25.3 Å². The minimum Gasteiger partial charge on any atom is -0.454 e. The average Bonchev–Trinajstić information content (AvgIpc) is 3.38. The fourth-order valence-corrected chi connectivity index (χ4v) is 4.95. The molecule has 3 amide bonds. The quantitative estimate of drug-likeness (QED) is 0.596. The van der Waals surface area contributed by atoms with E-state index in [1.807, 2.05) is 30.3 Å². The smallest absolute Gasteiger partial charge is 0.328 e. The summed E-state index contributed by atoms with van der Waals surface area (Å²) in [5.74, 6) is 1.43. The molecule has 174 valence electrons. The van der Waals surface area contributed by atoms with Gasteiger partial charge >= 0.3 is 6.03 Å². The number of nitrogens with zero attached hydrogens (tertiary/aromatic N) is 4. The molecule has 1 spiro atoms. The maximum atomic E-state index is 13.6. The van der Waals surface area contributed by atoms with Crippen molar-refractivity contribution in [3.63, 3.8) is 0 Å². The third-order valence-electron chi connectivity index (χ3n) is 6.73. The predicted molar refractivity (Wildman–Crippen MR) is 119 cm³/mol. The molecule has 9 heteroatoms. The van der Waals surface area contributed by atoms with E-state index in [9.17, 15) is 9.59 Å². The summed E-state index contributed by atoms with van der Waals surface area (Å²) in [4.78, 5) is 36.5. The molecule has 0 aliphatic carbocycles. The lowest BCUT2D eigenvalue weighted by Gasteiger charge is -2.42. The lowest BCUT2D eigenvalue weighted by atomic mass is 9.85. The monoisotopic (exact) mass is 452 g/mol. The van der Waals surface area contributed by atoms with Gasteiger partial charge in [-0.2, -0.15) is 0 Å². The molecule has 0 radical (unpaired) electrons. The summed E-state index contributed by atoms with van der Waals surface area (Å²) >= 11 is 0. The lowest BCUT2D eigenvalue weighted by Crippen LogP contribution is -2.57. The van der Waals surface area contributed by atoms with Crippen LogP contribution in [0.5, 0.6) is 11.5 Å². The van der Waals surface area contributed by atoms with E-state index in [4.69, 9.17) is 14.2 Å². The van der Waals surface area contributed by atoms with Gasteiger partial charge in [0.25, 0.3) is 5.91 Å². The van der Waals surface area contributed by atoms with E-state index < -0.39 is 5.54 Å². The Morgan fingerprint density at radius 2 is 1.88 bits per heavy atom. The van der Waals surface area contributed by atoms with Crippen LogP contribution in [0, 0.1) is 0 Å². The first-order chi connectivity index (χ1) is 16.1. The third kappa shape index (κ3) is 4.02. The SMILES string of the molecule is COCCN1C(=O)N(Cc2cccnc2)C(=O)C12CCN(Cc1ccc3c(c1)OCO3)CC2. The molecule has 2 fully saturated rings. The maximum Gasteiger partial charge on any atom is 0.328 e. The van der Waals surface area contributed by atoms with E-state index in [0.29, 0.717) is 26.0 Å². The van der Waals surface area contributed by atoms with E-state index in [1.165, 1.54) is 4.90 Å². The zero-order valence-corrected chi connectivity index (χ0v) is 18.7. The van der Waals surface area contributed by atoms with Gasteiger partial charge in [0, 0.05) is 45.7 Å². The highest BCUT2D eigenvalue weighted by molar-refractivity contribution is 6.07. The highest BCUT2D eigenvalue weighted by Crippen LogP contribution is 2.39. The largest absolute Gasteiger partial charge is 0.454 e. The van der Waals surface area contributed by atoms with Crippen LogP contribution in [0.15, 0.2) is 42.7 Å². The number of urea groups is 1. The molecule has 2 aromatic rings. The van der Waals surface area contributed by atoms with Gasteiger partial charge in [0.15, 0.2) is 11.5 Å². The van der Waals surface area contributed by atoms with Gasteiger partial charge in [0.1, 0.15) is 5.54 Å². The van der Waals surface area contributed by atoms with Crippen LogP contribution >= 0.6 is 0 Å². The Kier molecular flexibility index (Phi) is 5.90. The molecule has 3 aliphatic rings. The van der Waals surface area contributed by atoms with Gasteiger partial charge in [-0.05, 0) is 42.2 Å². The van der Waals surface area contributed by atoms with E-state index in [1.54, 1.807) is 24.4 Å². The van der Waals surface area contributed by atoms with Crippen LogP contribution in [0.3, 0.4) is 0 Å². The summed E-state index contributed by atoms with van der Waals surface area (Å²) in [5, 5.41) is 0. The molecule has 9 nitrogen and oxygen atoms in total. The summed E-state index contributed by atoms with van der Waals surface area (Å²) < 4.78 is 16.1. The Hall–Kier alpha value is -3.17. The molecule has 4 heterocycles. The van der Waals surface area contributed by atoms with E-state index in [0.717, 1.165) is 42.3 Å². The number of benzene rings is 1. The summed E-state index contributed by atoms with van der Waals surface area (Å²) in [6.45, 7) is 3.47. The lowest BCUT2D eigenvalue weighted by molar-refractivity contribution is -0.136. The van der Waals surface area contributed by atoms with Gasteiger partial charge < -0.3 is 19.1 Å². The number of pyridine rings is 1. The molecule has 33 heavy (non-hydrogen) atoms. The molecular formula is C24H28N4O5. The topological polar surface area (TPSA) is 84.4 Å². The highest BCUT2D eigenvalue weighted by atomic mass is 16.7. The van der Waals surface area contributed by atoms with Crippen LogP contribution in [0.2, 0.25) is 0 Å². The van der Waals surface area contributed by atoms with Crippen molar-refractivity contribution >= 4 is 11.9 Å². The van der Waals surface area contributed by atoms with Crippen molar-refractivity contribution < 1.29 is 23.8 Å². The Labute approximate surface area is 192 Å². The Morgan fingerprint density at radius 1 is 1.06 bits per heavy atom. The fourth-order valence-electron chi connectivity index (χ4n) is 4.95. The predicted octanol–water partition coefficient (Wildman–Crippen LogP) is 2.26. The molecule has 0 N–H and O–H groups in total. The highest BCUT2D eigenvalue weighted by Gasteiger charge is 2.57. The van der Waals surface area contributed by atoms with Gasteiger partial charge in [-0.25, -0.2) is 4.79 Å². The number of rotatable bonds is 7. The van der Waals surface area contributed by atoms with E-state index in [2.05, 4.69) is 9.88 Å². The molecule has 5 rings (SSSR count). The Bertz CT molecular complexity index is 1020. The van der Waals surface area contributed by atoms with Crippen LogP contribution in [-0.4, -0.2) is 77.3 Å². The molecule has 0 bridgehead atoms. The standard InChI is InChI=1S/C24H28N4O5/c1-31-12-11-28-23(30)27(16-19-3-2-8-25-14-19)22(29)24(28)6-9-26(10-7-24)15-18-4-5-20-21(13-18)33-17-32-20/h2-5,8,13-14H,6-7,9-12,15-17H2,1H3. The number of amides is 3. The number of methoxy groups -OCH3 is 1. The first-order valence-corrected chi connectivity index (χ1v) is 11.2. The van der Waals surface area contributed by atoms with Crippen LogP contribution in [-0.2, 0) is 22.6 Å². The van der Waals surface area contributed by atoms with Crippen molar-refractivity contribution in [2.75, 3.05) is 40.1 Å². The Morgan fingerprint density at radius 3 is 2.64 bits per heavy atom. The number of fused-ring (bicyclic) bond motifs is 1. The zero-order valence-electron chi connectivity index (χ0n) is 18.7. The number of aromatic nitrogens is 1. The van der Waals surface area contributed by atoms with Crippen molar-refractivity contribution in [3.05, 3.63) is 53.9 Å². The number of imide groups is 1. The van der Waals surface area contributed by atoms with Gasteiger partial charge in [-0.3, -0.25) is 19.6 Å². The minimum atomic E-state index is -0.816. The number of hydrogen-bond acceptors (Lipinski definition) is 7. The number of carbonyl (C=O) groups excluding carboxylic acids is 2. The summed E-state index contributed by atoms with van der Waals surface area (Å²) in [5.41, 5.74) is 1.16. The number of piperidine rings is 1. The van der Waals surface area contributed by atoms with Gasteiger partial charge in [-0.15, -0.1) is 0 Å². The molecule has 1 aromatic carbocycles. The number of ether oxygens (including phenoxy) is 3. The van der Waals surface area contributed by atoms with Crippen LogP contribution in [0.1, 0.15) is 24.0 Å². The second-order valence-electron chi connectivity index (χ2n) is 8.67. The molecule has 3 aliphatic heterocycles. The zero-order chi connectivity index (χ0) is 22.8. The summed E-state index contributed by atoms with van der Waals surface area (Å²) in [6, 6.07) is 9.44.